The molecule has 0 radical (unpaired) electrons. The first-order valence-electron chi connectivity index (χ1n) is 11.3. The van der Waals surface area contributed by atoms with Crippen LogP contribution >= 0.6 is 0 Å². The summed E-state index contributed by atoms with van der Waals surface area (Å²) in [5.74, 6) is 0. The number of fused-ring (bicyclic) bond motifs is 5. The van der Waals surface area contributed by atoms with E-state index in [2.05, 4.69) is 99.2 Å². The molecule has 7 rings (SSSR count). The quantitative estimate of drug-likeness (QED) is 0.294. The van der Waals surface area contributed by atoms with Gasteiger partial charge < -0.3 is 9.13 Å². The number of pyridine rings is 2. The third-order valence-corrected chi connectivity index (χ3v) is 6.45. The van der Waals surface area contributed by atoms with Crippen LogP contribution in [0.25, 0.3) is 55.5 Å². The van der Waals surface area contributed by atoms with Gasteiger partial charge in [0.25, 0.3) is 0 Å². The zero-order valence-corrected chi connectivity index (χ0v) is 18.3. The average Bonchev–Trinajstić information content (AvgIpc) is 3.49. The summed E-state index contributed by atoms with van der Waals surface area (Å²) in [5.41, 5.74) is 7.47. The summed E-state index contributed by atoms with van der Waals surface area (Å²) in [5, 5.41) is 3.70. The molecule has 7 aromatic rings. The summed E-state index contributed by atoms with van der Waals surface area (Å²) in [6, 6.07) is 35.8. The Morgan fingerprint density at radius 3 is 2.21 bits per heavy atom. The Hall–Kier alpha value is -4.70. The van der Waals surface area contributed by atoms with E-state index in [1.54, 1.807) is 6.20 Å². The number of hydrogen-bond donors (Lipinski definition) is 0. The van der Waals surface area contributed by atoms with Crippen molar-refractivity contribution in [3.05, 3.63) is 122 Å². The van der Waals surface area contributed by atoms with Crippen molar-refractivity contribution in [2.24, 2.45) is 0 Å². The van der Waals surface area contributed by atoms with Gasteiger partial charge in [-0.15, -0.1) is 0 Å². The minimum absolute atomic E-state index is 0.866. The molecule has 4 heterocycles. The van der Waals surface area contributed by atoms with Crippen molar-refractivity contribution in [3.63, 3.8) is 0 Å². The molecule has 0 spiro atoms. The minimum Gasteiger partial charge on any atom is -0.316 e. The number of nitrogens with zero attached hydrogens (tertiary/aromatic N) is 4. The second kappa shape index (κ2) is 7.42. The predicted octanol–water partition coefficient (Wildman–Crippen LogP) is 7.18. The van der Waals surface area contributed by atoms with Gasteiger partial charge in [0.1, 0.15) is 0 Å². The Bertz CT molecular complexity index is 1780. The summed E-state index contributed by atoms with van der Waals surface area (Å²) in [4.78, 5) is 9.18. The Morgan fingerprint density at radius 1 is 0.559 bits per heavy atom. The van der Waals surface area contributed by atoms with Gasteiger partial charge in [0.05, 0.1) is 39.8 Å². The fourth-order valence-electron chi connectivity index (χ4n) is 4.95. The van der Waals surface area contributed by atoms with Gasteiger partial charge in [0.15, 0.2) is 0 Å². The monoisotopic (exact) mass is 436 g/mol. The Kier molecular flexibility index (Phi) is 4.11. The molecule has 0 N–H and O–H groups in total. The van der Waals surface area contributed by atoms with E-state index < -0.39 is 0 Å². The minimum atomic E-state index is 0.866. The lowest BCUT2D eigenvalue weighted by atomic mass is 10.1. The van der Waals surface area contributed by atoms with Crippen molar-refractivity contribution in [3.8, 4) is 22.8 Å². The van der Waals surface area contributed by atoms with E-state index in [1.165, 1.54) is 21.7 Å². The molecule has 4 heteroatoms. The summed E-state index contributed by atoms with van der Waals surface area (Å²) < 4.78 is 4.60. The van der Waals surface area contributed by atoms with Crippen molar-refractivity contribution >= 4 is 32.7 Å². The molecular formula is C30H20N4. The average molecular weight is 437 g/mol. The molecule has 160 valence electrons. The van der Waals surface area contributed by atoms with E-state index in [0.717, 1.165) is 33.8 Å². The Morgan fingerprint density at radius 2 is 1.38 bits per heavy atom. The smallest absolute Gasteiger partial charge is 0.0887 e. The van der Waals surface area contributed by atoms with Gasteiger partial charge in [-0.05, 0) is 54.6 Å². The maximum Gasteiger partial charge on any atom is 0.0887 e. The van der Waals surface area contributed by atoms with Gasteiger partial charge in [0.2, 0.25) is 0 Å². The molecule has 4 aromatic heterocycles. The van der Waals surface area contributed by atoms with Gasteiger partial charge in [-0.3, -0.25) is 9.97 Å². The van der Waals surface area contributed by atoms with Crippen LogP contribution in [0, 0.1) is 0 Å². The van der Waals surface area contributed by atoms with Gasteiger partial charge in [0, 0.05) is 34.2 Å². The normalized spacial score (nSPS) is 11.5. The highest BCUT2D eigenvalue weighted by atomic mass is 15.0. The molecule has 0 saturated heterocycles. The lowest BCUT2D eigenvalue weighted by molar-refractivity contribution is 1.13. The number of para-hydroxylation sites is 2. The topological polar surface area (TPSA) is 35.6 Å². The van der Waals surface area contributed by atoms with Crippen molar-refractivity contribution < 1.29 is 0 Å². The number of benzene rings is 3. The highest BCUT2D eigenvalue weighted by molar-refractivity contribution is 6.20. The molecule has 0 atom stereocenters. The summed E-state index contributed by atoms with van der Waals surface area (Å²) in [6.07, 6.45) is 5.90. The summed E-state index contributed by atoms with van der Waals surface area (Å²) in [6.45, 7) is 0. The third-order valence-electron chi connectivity index (χ3n) is 6.45. The van der Waals surface area contributed by atoms with E-state index >= 15 is 0 Å². The van der Waals surface area contributed by atoms with Crippen LogP contribution in [0.3, 0.4) is 0 Å². The molecule has 0 unspecified atom stereocenters. The van der Waals surface area contributed by atoms with Crippen LogP contribution in [-0.4, -0.2) is 19.1 Å². The third kappa shape index (κ3) is 2.79. The van der Waals surface area contributed by atoms with Gasteiger partial charge >= 0.3 is 0 Å². The lowest BCUT2D eigenvalue weighted by Gasteiger charge is -2.09. The van der Waals surface area contributed by atoms with Crippen molar-refractivity contribution in [1.29, 1.82) is 0 Å². The van der Waals surface area contributed by atoms with E-state index in [0.29, 0.717) is 0 Å². The molecule has 4 nitrogen and oxygen atoms in total. The molecule has 34 heavy (non-hydrogen) atoms. The van der Waals surface area contributed by atoms with Crippen LogP contribution in [0.15, 0.2) is 122 Å². The molecule has 0 aliphatic rings. The molecule has 0 amide bonds. The number of hydrogen-bond acceptors (Lipinski definition) is 2. The zero-order valence-electron chi connectivity index (χ0n) is 18.3. The first-order chi connectivity index (χ1) is 16.9. The van der Waals surface area contributed by atoms with E-state index in [-0.39, 0.29) is 0 Å². The second-order valence-electron chi connectivity index (χ2n) is 8.39. The van der Waals surface area contributed by atoms with Crippen molar-refractivity contribution in [2.45, 2.75) is 0 Å². The first-order valence-corrected chi connectivity index (χ1v) is 11.3. The Balaban J connectivity index is 1.52. The predicted molar refractivity (Wildman–Crippen MR) is 139 cm³/mol. The van der Waals surface area contributed by atoms with E-state index in [4.69, 9.17) is 4.98 Å². The first kappa shape index (κ1) is 18.8. The van der Waals surface area contributed by atoms with Crippen LogP contribution in [0.1, 0.15) is 0 Å². The number of rotatable bonds is 3. The highest BCUT2D eigenvalue weighted by Gasteiger charge is 2.17. The van der Waals surface area contributed by atoms with Crippen molar-refractivity contribution in [2.75, 3.05) is 0 Å². The molecular weight excluding hydrogens is 416 g/mol. The van der Waals surface area contributed by atoms with Crippen LogP contribution in [-0.2, 0) is 0 Å². The molecule has 0 aliphatic heterocycles. The highest BCUT2D eigenvalue weighted by Crippen LogP contribution is 2.38. The largest absolute Gasteiger partial charge is 0.316 e. The zero-order chi connectivity index (χ0) is 22.5. The van der Waals surface area contributed by atoms with Crippen LogP contribution in [0.5, 0.6) is 0 Å². The molecule has 0 fully saturated rings. The van der Waals surface area contributed by atoms with E-state index in [1.807, 2.05) is 30.5 Å². The van der Waals surface area contributed by atoms with Gasteiger partial charge in [-0.25, -0.2) is 0 Å². The SMILES string of the molecule is c1ccc(-n2ccc3ccc4c(c5ccccc5n4-c4ccc(-c5ccccn5)nc4)c32)cc1. The lowest BCUT2D eigenvalue weighted by Crippen LogP contribution is -1.96. The van der Waals surface area contributed by atoms with Crippen LogP contribution < -0.4 is 0 Å². The Labute approximate surface area is 196 Å². The number of aromatic nitrogens is 4. The van der Waals surface area contributed by atoms with Gasteiger partial charge in [-0.2, -0.15) is 0 Å². The molecule has 0 saturated carbocycles. The van der Waals surface area contributed by atoms with E-state index in [9.17, 15) is 0 Å². The maximum atomic E-state index is 4.75. The second-order valence-corrected chi connectivity index (χ2v) is 8.39. The molecule has 0 aliphatic carbocycles. The fraction of sp³-hybridized carbons (Fsp3) is 0. The summed E-state index contributed by atoms with van der Waals surface area (Å²) in [7, 11) is 0. The van der Waals surface area contributed by atoms with Crippen molar-refractivity contribution in [1.82, 2.24) is 19.1 Å². The standard InChI is InChI=1S/C30H20N4/c1-2-8-22(9-3-1)33-19-17-21-13-16-28-29(30(21)33)24-10-4-5-12-27(24)34(28)23-14-15-26(32-20-23)25-11-6-7-18-31-25/h1-20H. The van der Waals surface area contributed by atoms with Gasteiger partial charge in [-0.1, -0.05) is 48.5 Å². The molecule has 3 aromatic carbocycles. The van der Waals surface area contributed by atoms with Crippen LogP contribution in [0.2, 0.25) is 0 Å². The molecule has 0 bridgehead atoms. The summed E-state index contributed by atoms with van der Waals surface area (Å²) >= 11 is 0. The van der Waals surface area contributed by atoms with Crippen LogP contribution in [0.4, 0.5) is 0 Å². The fourth-order valence-corrected chi connectivity index (χ4v) is 4.95. The maximum absolute atomic E-state index is 4.75.